The predicted octanol–water partition coefficient (Wildman–Crippen LogP) is 4.93. The second kappa shape index (κ2) is 7.97. The third-order valence-electron chi connectivity index (χ3n) is 5.37. The molecule has 2 heterocycles. The van der Waals surface area contributed by atoms with Crippen molar-refractivity contribution < 1.29 is 14.2 Å². The quantitative estimate of drug-likeness (QED) is 0.666. The van der Waals surface area contributed by atoms with Crippen LogP contribution in [0.1, 0.15) is 28.3 Å². The van der Waals surface area contributed by atoms with Gasteiger partial charge in [-0.2, -0.15) is 0 Å². The van der Waals surface area contributed by atoms with Gasteiger partial charge in [0.05, 0.1) is 6.04 Å². The molecule has 0 spiro atoms. The summed E-state index contributed by atoms with van der Waals surface area (Å²) >= 11 is 5.96. The molecule has 0 amide bonds. The number of fused-ring (bicyclic) bond motifs is 2. The lowest BCUT2D eigenvalue weighted by molar-refractivity contribution is 0.171. The van der Waals surface area contributed by atoms with E-state index in [9.17, 15) is 0 Å². The van der Waals surface area contributed by atoms with Crippen molar-refractivity contribution in [3.8, 4) is 17.2 Å². The van der Waals surface area contributed by atoms with Crippen molar-refractivity contribution in [3.63, 3.8) is 0 Å². The Morgan fingerprint density at radius 2 is 1.76 bits per heavy atom. The lowest BCUT2D eigenvalue weighted by Crippen LogP contribution is -2.31. The minimum Gasteiger partial charge on any atom is -0.489 e. The molecule has 0 saturated carbocycles. The van der Waals surface area contributed by atoms with Gasteiger partial charge in [0.2, 0.25) is 0 Å². The van der Waals surface area contributed by atoms with Gasteiger partial charge < -0.3 is 19.5 Å². The van der Waals surface area contributed by atoms with Gasteiger partial charge in [0.15, 0.2) is 11.5 Å². The van der Waals surface area contributed by atoms with E-state index in [0.717, 1.165) is 40.8 Å². The fraction of sp³-hybridized carbons (Fsp3) is 0.250. The molecule has 5 rings (SSSR count). The van der Waals surface area contributed by atoms with Gasteiger partial charge in [-0.25, -0.2) is 0 Å². The van der Waals surface area contributed by atoms with E-state index >= 15 is 0 Å². The summed E-state index contributed by atoms with van der Waals surface area (Å²) in [4.78, 5) is 0. The zero-order valence-corrected chi connectivity index (χ0v) is 16.7. The summed E-state index contributed by atoms with van der Waals surface area (Å²) in [7, 11) is 0. The Balaban J connectivity index is 1.39. The molecule has 0 aliphatic carbocycles. The molecule has 3 aromatic carbocycles. The molecule has 0 saturated heterocycles. The van der Waals surface area contributed by atoms with Gasteiger partial charge in [0.25, 0.3) is 0 Å². The van der Waals surface area contributed by atoms with Crippen molar-refractivity contribution in [2.45, 2.75) is 19.1 Å². The monoisotopic (exact) mass is 407 g/mol. The van der Waals surface area contributed by atoms with Gasteiger partial charge in [-0.05, 0) is 65.1 Å². The topological polar surface area (TPSA) is 39.7 Å². The van der Waals surface area contributed by atoms with Crippen molar-refractivity contribution in [2.24, 2.45) is 0 Å². The van der Waals surface area contributed by atoms with Crippen molar-refractivity contribution in [1.29, 1.82) is 0 Å². The first-order chi connectivity index (χ1) is 14.3. The first-order valence-electron chi connectivity index (χ1n) is 9.89. The first kappa shape index (κ1) is 18.3. The van der Waals surface area contributed by atoms with Crippen LogP contribution in [0.3, 0.4) is 0 Å². The second-order valence-corrected chi connectivity index (χ2v) is 7.76. The van der Waals surface area contributed by atoms with Crippen molar-refractivity contribution in [2.75, 3.05) is 19.8 Å². The van der Waals surface area contributed by atoms with E-state index in [1.165, 1.54) is 16.7 Å². The van der Waals surface area contributed by atoms with Crippen LogP contribution in [0.5, 0.6) is 17.2 Å². The number of halogens is 1. The van der Waals surface area contributed by atoms with E-state index in [1.54, 1.807) is 0 Å². The molecule has 0 radical (unpaired) electrons. The van der Waals surface area contributed by atoms with Gasteiger partial charge in [-0.1, -0.05) is 35.9 Å². The zero-order chi connectivity index (χ0) is 19.6. The van der Waals surface area contributed by atoms with Crippen molar-refractivity contribution >= 4 is 11.6 Å². The van der Waals surface area contributed by atoms with Gasteiger partial charge in [0.1, 0.15) is 25.6 Å². The maximum atomic E-state index is 6.03. The summed E-state index contributed by atoms with van der Waals surface area (Å²) in [6, 6.07) is 20.4. The molecule has 1 atom stereocenters. The summed E-state index contributed by atoms with van der Waals surface area (Å²) in [6.07, 6.45) is 0.981. The van der Waals surface area contributed by atoms with Gasteiger partial charge in [-0.15, -0.1) is 0 Å². The van der Waals surface area contributed by atoms with Crippen LogP contribution in [-0.4, -0.2) is 19.8 Å². The standard InChI is InChI=1S/C24H22ClNO3/c25-19-6-4-16(5-7-19)15-29-20-3-1-2-18(12-20)24-21-14-23-22(27-10-11-28-23)13-17(21)8-9-26-24/h1-7,12-14,24,26H,8-11,15H2. The van der Waals surface area contributed by atoms with Crippen LogP contribution in [-0.2, 0) is 13.0 Å². The third kappa shape index (κ3) is 3.91. The number of hydrogen-bond donors (Lipinski definition) is 1. The normalized spacial score (nSPS) is 17.5. The Bertz CT molecular complexity index is 1020. The SMILES string of the molecule is Clc1ccc(COc2cccc(C3NCCc4cc5c(cc43)OCCO5)c2)cc1. The first-order valence-corrected chi connectivity index (χ1v) is 10.3. The minimum absolute atomic E-state index is 0.105. The average Bonchev–Trinajstić information content (AvgIpc) is 2.77. The number of benzene rings is 3. The molecular weight excluding hydrogens is 386 g/mol. The van der Waals surface area contributed by atoms with Crippen LogP contribution in [0, 0.1) is 0 Å². The van der Waals surface area contributed by atoms with Crippen LogP contribution in [0.25, 0.3) is 0 Å². The predicted molar refractivity (Wildman–Crippen MR) is 113 cm³/mol. The largest absolute Gasteiger partial charge is 0.489 e. The highest BCUT2D eigenvalue weighted by molar-refractivity contribution is 6.30. The Morgan fingerprint density at radius 1 is 0.966 bits per heavy atom. The molecule has 2 aliphatic heterocycles. The third-order valence-corrected chi connectivity index (χ3v) is 5.62. The molecule has 5 heteroatoms. The van der Waals surface area contributed by atoms with Gasteiger partial charge >= 0.3 is 0 Å². The van der Waals surface area contributed by atoms with Crippen molar-refractivity contribution in [1.82, 2.24) is 5.32 Å². The number of hydrogen-bond acceptors (Lipinski definition) is 4. The Labute approximate surface area is 175 Å². The summed E-state index contributed by atoms with van der Waals surface area (Å²) in [5, 5.41) is 4.37. The lowest BCUT2D eigenvalue weighted by atomic mass is 9.89. The van der Waals surface area contributed by atoms with Crippen LogP contribution >= 0.6 is 11.6 Å². The highest BCUT2D eigenvalue weighted by Gasteiger charge is 2.25. The maximum Gasteiger partial charge on any atom is 0.161 e. The van der Waals surface area contributed by atoms with Gasteiger partial charge in [-0.3, -0.25) is 0 Å². The number of ether oxygens (including phenoxy) is 3. The lowest BCUT2D eigenvalue weighted by Gasteiger charge is -2.30. The Hall–Kier alpha value is -2.69. The molecule has 0 bridgehead atoms. The van der Waals surface area contributed by atoms with Crippen LogP contribution < -0.4 is 19.5 Å². The van der Waals surface area contributed by atoms with E-state index < -0.39 is 0 Å². The number of rotatable bonds is 4. The molecule has 1 unspecified atom stereocenters. The molecule has 0 aromatic heterocycles. The zero-order valence-electron chi connectivity index (χ0n) is 16.0. The van der Waals surface area contributed by atoms with E-state index in [1.807, 2.05) is 36.4 Å². The van der Waals surface area contributed by atoms with Crippen LogP contribution in [0.15, 0.2) is 60.7 Å². The molecule has 3 aromatic rings. The van der Waals surface area contributed by atoms with E-state index in [4.69, 9.17) is 25.8 Å². The molecule has 1 N–H and O–H groups in total. The van der Waals surface area contributed by atoms with Gasteiger partial charge in [0, 0.05) is 11.6 Å². The smallest absolute Gasteiger partial charge is 0.161 e. The highest BCUT2D eigenvalue weighted by Crippen LogP contribution is 2.39. The van der Waals surface area contributed by atoms with Crippen LogP contribution in [0.4, 0.5) is 0 Å². The average molecular weight is 408 g/mol. The summed E-state index contributed by atoms with van der Waals surface area (Å²) < 4.78 is 17.6. The molecule has 148 valence electrons. The Morgan fingerprint density at radius 3 is 2.59 bits per heavy atom. The summed E-state index contributed by atoms with van der Waals surface area (Å²) in [6.45, 7) is 2.64. The second-order valence-electron chi connectivity index (χ2n) is 7.32. The van der Waals surface area contributed by atoms with Crippen molar-refractivity contribution in [3.05, 3.63) is 87.9 Å². The fourth-order valence-electron chi connectivity index (χ4n) is 3.92. The maximum absolute atomic E-state index is 6.03. The molecule has 29 heavy (non-hydrogen) atoms. The number of nitrogens with one attached hydrogen (secondary N) is 1. The molecule has 4 nitrogen and oxygen atoms in total. The molecular formula is C24H22ClNO3. The van der Waals surface area contributed by atoms with E-state index in [2.05, 4.69) is 29.6 Å². The summed E-state index contributed by atoms with van der Waals surface area (Å²) in [5.74, 6) is 2.54. The van der Waals surface area contributed by atoms with E-state index in [-0.39, 0.29) is 6.04 Å². The highest BCUT2D eigenvalue weighted by atomic mass is 35.5. The Kier molecular flexibility index (Phi) is 5.04. The van der Waals surface area contributed by atoms with E-state index in [0.29, 0.717) is 19.8 Å². The molecule has 0 fully saturated rings. The molecule has 2 aliphatic rings. The van der Waals surface area contributed by atoms with Crippen LogP contribution in [0.2, 0.25) is 5.02 Å². The summed E-state index contributed by atoms with van der Waals surface area (Å²) in [5.41, 5.74) is 4.82. The minimum atomic E-state index is 0.105. The fourth-order valence-corrected chi connectivity index (χ4v) is 4.05.